The van der Waals surface area contributed by atoms with Gasteiger partial charge in [0, 0.05) is 31.2 Å². The monoisotopic (exact) mass is 440 g/mol. The fourth-order valence-electron chi connectivity index (χ4n) is 4.99. The third-order valence-corrected chi connectivity index (χ3v) is 6.67. The summed E-state index contributed by atoms with van der Waals surface area (Å²) in [7, 11) is 0. The van der Waals surface area contributed by atoms with Crippen molar-refractivity contribution in [3.63, 3.8) is 0 Å². The van der Waals surface area contributed by atoms with E-state index in [0.717, 1.165) is 43.9 Å². The van der Waals surface area contributed by atoms with Gasteiger partial charge in [0.2, 0.25) is 0 Å². The van der Waals surface area contributed by atoms with Crippen LogP contribution in [0.2, 0.25) is 5.02 Å². The van der Waals surface area contributed by atoms with Crippen LogP contribution in [0.4, 0.5) is 14.6 Å². The third-order valence-electron chi connectivity index (χ3n) is 6.34. The van der Waals surface area contributed by atoms with Crippen molar-refractivity contribution >= 4 is 17.4 Å². The fraction of sp³-hybridized carbons (Fsp3) is 0.333. The maximum absolute atomic E-state index is 13.5. The van der Waals surface area contributed by atoms with Crippen LogP contribution in [0, 0.1) is 23.5 Å². The number of aromatic nitrogens is 2. The van der Waals surface area contributed by atoms with E-state index < -0.39 is 0 Å². The summed E-state index contributed by atoms with van der Waals surface area (Å²) in [6.07, 6.45) is 2.17. The van der Waals surface area contributed by atoms with Crippen LogP contribution in [0.15, 0.2) is 54.6 Å². The van der Waals surface area contributed by atoms with Gasteiger partial charge in [-0.25, -0.2) is 8.78 Å². The van der Waals surface area contributed by atoms with E-state index in [-0.39, 0.29) is 11.6 Å². The van der Waals surface area contributed by atoms with E-state index in [0.29, 0.717) is 34.2 Å². The highest BCUT2D eigenvalue weighted by Gasteiger charge is 2.40. The van der Waals surface area contributed by atoms with E-state index in [1.807, 2.05) is 18.2 Å². The van der Waals surface area contributed by atoms with Crippen LogP contribution in [0.25, 0.3) is 11.3 Å². The van der Waals surface area contributed by atoms with Crippen LogP contribution in [0.3, 0.4) is 0 Å². The number of fused-ring (bicyclic) bond motifs is 1. The summed E-state index contributed by atoms with van der Waals surface area (Å²) in [5, 5.41) is 12.4. The summed E-state index contributed by atoms with van der Waals surface area (Å²) < 4.78 is 27.0. The number of halogens is 3. The topological polar surface area (TPSA) is 41.0 Å². The second-order valence-corrected chi connectivity index (χ2v) is 8.99. The third kappa shape index (κ3) is 4.55. The molecule has 2 aromatic carbocycles. The van der Waals surface area contributed by atoms with Gasteiger partial charge in [-0.3, -0.25) is 4.90 Å². The molecule has 3 aromatic rings. The molecule has 1 N–H and O–H groups in total. The van der Waals surface area contributed by atoms with Gasteiger partial charge in [-0.05, 0) is 72.7 Å². The summed E-state index contributed by atoms with van der Waals surface area (Å²) in [4.78, 5) is 2.43. The van der Waals surface area contributed by atoms with E-state index in [1.165, 1.54) is 24.3 Å². The summed E-state index contributed by atoms with van der Waals surface area (Å²) in [5.41, 5.74) is 2.12. The number of nitrogens with zero attached hydrogens (tertiary/aromatic N) is 3. The molecule has 160 valence electrons. The molecule has 0 bridgehead atoms. The first-order chi connectivity index (χ1) is 15.0. The molecular weight excluding hydrogens is 418 g/mol. The average molecular weight is 441 g/mol. The Morgan fingerprint density at radius 1 is 0.935 bits per heavy atom. The Morgan fingerprint density at radius 3 is 2.42 bits per heavy atom. The SMILES string of the molecule is Fc1cccc(CN2C[C@H]3C[C@@H](Nc4ccc(-c5cc(F)ccc5Cl)nn4)C[C@H]3C2)c1. The Hall–Kier alpha value is -2.57. The first kappa shape index (κ1) is 20.3. The van der Waals surface area contributed by atoms with Crippen molar-refractivity contribution in [3.8, 4) is 11.3 Å². The Bertz CT molecular complexity index is 1060. The van der Waals surface area contributed by atoms with Gasteiger partial charge in [0.1, 0.15) is 17.5 Å². The van der Waals surface area contributed by atoms with Crippen LogP contribution in [0.1, 0.15) is 18.4 Å². The number of hydrogen-bond acceptors (Lipinski definition) is 4. The summed E-state index contributed by atoms with van der Waals surface area (Å²) in [6.45, 7) is 2.89. The molecule has 0 radical (unpaired) electrons. The normalized spacial score (nSPS) is 23.1. The predicted octanol–water partition coefficient (Wildman–Crippen LogP) is 5.40. The van der Waals surface area contributed by atoms with E-state index in [4.69, 9.17) is 11.6 Å². The average Bonchev–Trinajstić information content (AvgIpc) is 3.28. The molecular formula is C24H23ClF2N4. The molecule has 2 fully saturated rings. The maximum atomic E-state index is 13.5. The molecule has 31 heavy (non-hydrogen) atoms. The van der Waals surface area contributed by atoms with E-state index in [9.17, 15) is 8.78 Å². The minimum Gasteiger partial charge on any atom is -0.366 e. The van der Waals surface area contributed by atoms with Gasteiger partial charge in [0.15, 0.2) is 0 Å². The molecule has 0 spiro atoms. The highest BCUT2D eigenvalue weighted by Crippen LogP contribution is 2.39. The Kier molecular flexibility index (Phi) is 5.59. The van der Waals surface area contributed by atoms with Gasteiger partial charge in [0.25, 0.3) is 0 Å². The highest BCUT2D eigenvalue weighted by atomic mass is 35.5. The number of nitrogens with one attached hydrogen (secondary N) is 1. The van der Waals surface area contributed by atoms with Crippen molar-refractivity contribution in [2.45, 2.75) is 25.4 Å². The molecule has 1 aromatic heterocycles. The molecule has 0 amide bonds. The largest absolute Gasteiger partial charge is 0.366 e. The number of likely N-dealkylation sites (tertiary alicyclic amines) is 1. The lowest BCUT2D eigenvalue weighted by molar-refractivity contribution is 0.300. The summed E-state index contributed by atoms with van der Waals surface area (Å²) in [5.74, 6) is 1.48. The summed E-state index contributed by atoms with van der Waals surface area (Å²) in [6, 6.07) is 15.1. The fourth-order valence-corrected chi connectivity index (χ4v) is 5.21. The number of hydrogen-bond donors (Lipinski definition) is 1. The number of anilines is 1. The zero-order valence-electron chi connectivity index (χ0n) is 16.9. The molecule has 1 aliphatic carbocycles. The lowest BCUT2D eigenvalue weighted by atomic mass is 10.0. The van der Waals surface area contributed by atoms with Crippen molar-refractivity contribution in [3.05, 3.63) is 76.8 Å². The van der Waals surface area contributed by atoms with Crippen LogP contribution in [-0.4, -0.2) is 34.2 Å². The molecule has 0 unspecified atom stereocenters. The van der Waals surface area contributed by atoms with Gasteiger partial charge >= 0.3 is 0 Å². The lowest BCUT2D eigenvalue weighted by Gasteiger charge is -2.20. The lowest BCUT2D eigenvalue weighted by Crippen LogP contribution is -2.25. The molecule has 2 aliphatic rings. The zero-order valence-corrected chi connectivity index (χ0v) is 17.7. The van der Waals surface area contributed by atoms with E-state index >= 15 is 0 Å². The zero-order chi connectivity index (χ0) is 21.4. The van der Waals surface area contributed by atoms with E-state index in [1.54, 1.807) is 12.1 Å². The van der Waals surface area contributed by atoms with Gasteiger partial charge in [0.05, 0.1) is 10.7 Å². The Balaban J connectivity index is 1.17. The molecule has 1 saturated carbocycles. The van der Waals surface area contributed by atoms with E-state index in [2.05, 4.69) is 20.4 Å². The molecule has 4 nitrogen and oxygen atoms in total. The van der Waals surface area contributed by atoms with Crippen molar-refractivity contribution in [1.82, 2.24) is 15.1 Å². The first-order valence-corrected chi connectivity index (χ1v) is 10.9. The van der Waals surface area contributed by atoms with Crippen LogP contribution < -0.4 is 5.32 Å². The maximum Gasteiger partial charge on any atom is 0.148 e. The van der Waals surface area contributed by atoms with Crippen LogP contribution in [0.5, 0.6) is 0 Å². The molecule has 5 rings (SSSR count). The minimum absolute atomic E-state index is 0.173. The van der Waals surface area contributed by atoms with Crippen molar-refractivity contribution in [2.75, 3.05) is 18.4 Å². The minimum atomic E-state index is -0.354. The van der Waals surface area contributed by atoms with Crippen molar-refractivity contribution in [2.24, 2.45) is 11.8 Å². The van der Waals surface area contributed by atoms with Gasteiger partial charge < -0.3 is 5.32 Å². The first-order valence-electron chi connectivity index (χ1n) is 10.6. The quantitative estimate of drug-likeness (QED) is 0.577. The molecule has 7 heteroatoms. The number of rotatable bonds is 5. The molecule has 3 atom stereocenters. The molecule has 1 aliphatic heterocycles. The number of benzene rings is 2. The van der Waals surface area contributed by atoms with Crippen LogP contribution >= 0.6 is 11.6 Å². The predicted molar refractivity (Wildman–Crippen MR) is 118 cm³/mol. The van der Waals surface area contributed by atoms with Crippen molar-refractivity contribution < 1.29 is 8.78 Å². The van der Waals surface area contributed by atoms with Crippen LogP contribution in [-0.2, 0) is 6.54 Å². The standard InChI is InChI=1S/C24H23ClF2N4/c25-22-5-4-19(27)11-21(22)23-6-7-24(30-29-23)28-20-9-16-13-31(14-17(16)10-20)12-15-2-1-3-18(26)8-15/h1-8,11,16-17,20H,9-10,12-14H2,(H,28,30)/t16-,17+,20-. The van der Waals surface area contributed by atoms with Gasteiger partial charge in [-0.15, -0.1) is 10.2 Å². The second kappa shape index (κ2) is 8.52. The van der Waals surface area contributed by atoms with Crippen molar-refractivity contribution in [1.29, 1.82) is 0 Å². The Morgan fingerprint density at radius 2 is 1.71 bits per heavy atom. The second-order valence-electron chi connectivity index (χ2n) is 8.58. The van der Waals surface area contributed by atoms with Gasteiger partial charge in [-0.1, -0.05) is 23.7 Å². The highest BCUT2D eigenvalue weighted by molar-refractivity contribution is 6.33. The summed E-state index contributed by atoms with van der Waals surface area (Å²) >= 11 is 6.16. The smallest absolute Gasteiger partial charge is 0.148 e. The molecule has 1 saturated heterocycles. The van der Waals surface area contributed by atoms with Gasteiger partial charge in [-0.2, -0.15) is 0 Å². The molecule has 2 heterocycles. The Labute approximate surface area is 185 Å².